The molecule has 96 valence electrons. The Hall–Kier alpha value is -2.31. The highest BCUT2D eigenvalue weighted by Gasteiger charge is 2.08. The Morgan fingerprint density at radius 1 is 1.61 bits per heavy atom. The van der Waals surface area contributed by atoms with Gasteiger partial charge in [-0.25, -0.2) is 4.98 Å². The molecule has 2 heterocycles. The summed E-state index contributed by atoms with van der Waals surface area (Å²) in [6.45, 7) is 2.80. The van der Waals surface area contributed by atoms with Crippen LogP contribution >= 0.6 is 0 Å². The largest absolute Gasteiger partial charge is 0.396 e. The highest BCUT2D eigenvalue weighted by atomic mass is 16.2. The fourth-order valence-electron chi connectivity index (χ4n) is 1.69. The van der Waals surface area contributed by atoms with E-state index in [0.29, 0.717) is 12.2 Å². The Bertz CT molecular complexity index is 503. The van der Waals surface area contributed by atoms with E-state index < -0.39 is 0 Å². The van der Waals surface area contributed by atoms with Gasteiger partial charge in [0.25, 0.3) is 0 Å². The van der Waals surface area contributed by atoms with E-state index in [1.807, 2.05) is 17.7 Å². The van der Waals surface area contributed by atoms with Crippen LogP contribution in [0.5, 0.6) is 0 Å². The van der Waals surface area contributed by atoms with Crippen LogP contribution in [0.4, 0.5) is 5.69 Å². The molecule has 7 nitrogen and oxygen atoms in total. The van der Waals surface area contributed by atoms with E-state index in [2.05, 4.69) is 15.4 Å². The van der Waals surface area contributed by atoms with Gasteiger partial charge >= 0.3 is 0 Å². The van der Waals surface area contributed by atoms with Gasteiger partial charge in [-0.05, 0) is 6.92 Å². The molecule has 0 fully saturated rings. The van der Waals surface area contributed by atoms with Crippen molar-refractivity contribution in [1.29, 1.82) is 0 Å². The second kappa shape index (κ2) is 5.35. The molecule has 1 atom stereocenters. The minimum Gasteiger partial charge on any atom is -0.396 e. The van der Waals surface area contributed by atoms with Crippen molar-refractivity contribution < 1.29 is 4.79 Å². The predicted octanol–water partition coefficient (Wildman–Crippen LogP) is -0.133. The molecular weight excluding hydrogens is 232 g/mol. The zero-order valence-electron chi connectivity index (χ0n) is 10.2. The number of nitrogens with two attached hydrogens (primary N) is 1. The fraction of sp³-hybridized carbons (Fsp3) is 0.364. The number of nitrogen functional groups attached to an aromatic ring is 1. The molecule has 1 amide bonds. The highest BCUT2D eigenvalue weighted by Crippen LogP contribution is 1.98. The molecule has 2 aromatic heterocycles. The fourth-order valence-corrected chi connectivity index (χ4v) is 1.69. The first-order valence-corrected chi connectivity index (χ1v) is 5.66. The first-order valence-electron chi connectivity index (χ1n) is 5.66. The van der Waals surface area contributed by atoms with Crippen molar-refractivity contribution in [1.82, 2.24) is 24.6 Å². The van der Waals surface area contributed by atoms with Gasteiger partial charge in [-0.3, -0.25) is 9.48 Å². The second-order valence-corrected chi connectivity index (χ2v) is 4.20. The van der Waals surface area contributed by atoms with Crippen LogP contribution in [-0.4, -0.2) is 31.3 Å². The van der Waals surface area contributed by atoms with Gasteiger partial charge in [0.2, 0.25) is 5.91 Å². The molecule has 0 radical (unpaired) electrons. The molecule has 0 aromatic carbocycles. The molecule has 0 aliphatic rings. The van der Waals surface area contributed by atoms with Crippen molar-refractivity contribution in [3.05, 3.63) is 31.1 Å². The zero-order valence-corrected chi connectivity index (χ0v) is 10.2. The number of carbonyl (C=O) groups excluding carboxylic acids is 1. The Labute approximate surface area is 105 Å². The van der Waals surface area contributed by atoms with E-state index in [0.717, 1.165) is 0 Å². The molecule has 3 N–H and O–H groups in total. The maximum absolute atomic E-state index is 11.7. The summed E-state index contributed by atoms with van der Waals surface area (Å²) >= 11 is 0. The quantitative estimate of drug-likeness (QED) is 0.771. The van der Waals surface area contributed by atoms with E-state index in [1.54, 1.807) is 18.7 Å². The van der Waals surface area contributed by atoms with Crippen LogP contribution < -0.4 is 11.1 Å². The lowest BCUT2D eigenvalue weighted by Crippen LogP contribution is -2.37. The highest BCUT2D eigenvalue weighted by molar-refractivity contribution is 5.75. The van der Waals surface area contributed by atoms with Crippen LogP contribution in [0, 0.1) is 0 Å². The molecule has 7 heteroatoms. The summed E-state index contributed by atoms with van der Waals surface area (Å²) < 4.78 is 3.42. The SMILES string of the molecule is CC(Cn1ccnc1)NC(=O)Cn1cc(N)cn1. The summed E-state index contributed by atoms with van der Waals surface area (Å²) in [5, 5.41) is 6.84. The molecule has 0 saturated heterocycles. The van der Waals surface area contributed by atoms with Gasteiger partial charge in [-0.15, -0.1) is 0 Å². The minimum absolute atomic E-state index is 0.0274. The lowest BCUT2D eigenvalue weighted by molar-refractivity contribution is -0.122. The summed E-state index contributed by atoms with van der Waals surface area (Å²) in [6.07, 6.45) is 8.43. The molecule has 0 saturated carbocycles. The van der Waals surface area contributed by atoms with Gasteiger partial charge in [-0.2, -0.15) is 5.10 Å². The van der Waals surface area contributed by atoms with Gasteiger partial charge in [0, 0.05) is 31.2 Å². The van der Waals surface area contributed by atoms with Crippen LogP contribution in [0.15, 0.2) is 31.1 Å². The number of aromatic nitrogens is 4. The average molecular weight is 248 g/mol. The number of rotatable bonds is 5. The van der Waals surface area contributed by atoms with E-state index in [-0.39, 0.29) is 18.5 Å². The number of imidazole rings is 1. The number of hydrogen-bond donors (Lipinski definition) is 2. The van der Waals surface area contributed by atoms with E-state index in [1.165, 1.54) is 10.9 Å². The Balaban J connectivity index is 1.80. The number of anilines is 1. The normalized spacial score (nSPS) is 12.3. The summed E-state index contributed by atoms with van der Waals surface area (Å²) in [5.74, 6) is -0.0919. The van der Waals surface area contributed by atoms with Crippen LogP contribution in [-0.2, 0) is 17.9 Å². The number of nitrogens with zero attached hydrogens (tertiary/aromatic N) is 4. The summed E-state index contributed by atoms with van der Waals surface area (Å²) in [7, 11) is 0. The molecule has 2 aromatic rings. The summed E-state index contributed by atoms with van der Waals surface area (Å²) in [5.41, 5.74) is 6.07. The van der Waals surface area contributed by atoms with Gasteiger partial charge < -0.3 is 15.6 Å². The number of amides is 1. The lowest BCUT2D eigenvalue weighted by Gasteiger charge is -2.14. The second-order valence-electron chi connectivity index (χ2n) is 4.20. The van der Waals surface area contributed by atoms with Crippen molar-refractivity contribution in [3.8, 4) is 0 Å². The molecule has 18 heavy (non-hydrogen) atoms. The summed E-state index contributed by atoms with van der Waals surface area (Å²) in [6, 6.07) is 0.0274. The molecule has 0 aliphatic carbocycles. The van der Waals surface area contributed by atoms with E-state index in [4.69, 9.17) is 5.73 Å². The smallest absolute Gasteiger partial charge is 0.242 e. The Kier molecular flexibility index (Phi) is 3.61. The topological polar surface area (TPSA) is 90.8 Å². The van der Waals surface area contributed by atoms with Crippen molar-refractivity contribution >= 4 is 11.6 Å². The monoisotopic (exact) mass is 248 g/mol. The maximum atomic E-state index is 11.7. The maximum Gasteiger partial charge on any atom is 0.242 e. The van der Waals surface area contributed by atoms with Gasteiger partial charge in [0.15, 0.2) is 0 Å². The van der Waals surface area contributed by atoms with Gasteiger partial charge in [0.05, 0.1) is 18.2 Å². The first-order chi connectivity index (χ1) is 8.63. The Morgan fingerprint density at radius 2 is 2.44 bits per heavy atom. The molecule has 2 rings (SSSR count). The molecular formula is C11H16N6O. The number of nitrogens with one attached hydrogen (secondary N) is 1. The summed E-state index contributed by atoms with van der Waals surface area (Å²) in [4.78, 5) is 15.7. The van der Waals surface area contributed by atoms with Gasteiger partial charge in [0.1, 0.15) is 6.54 Å². The number of hydrogen-bond acceptors (Lipinski definition) is 4. The predicted molar refractivity (Wildman–Crippen MR) is 66.5 cm³/mol. The molecule has 0 aliphatic heterocycles. The zero-order chi connectivity index (χ0) is 13.0. The minimum atomic E-state index is -0.0919. The first kappa shape index (κ1) is 12.2. The third-order valence-corrected chi connectivity index (χ3v) is 2.41. The van der Waals surface area contributed by atoms with Crippen LogP contribution in [0.3, 0.4) is 0 Å². The lowest BCUT2D eigenvalue weighted by atomic mass is 10.3. The molecule has 0 spiro atoms. The molecule has 0 bridgehead atoms. The van der Waals surface area contributed by atoms with Crippen LogP contribution in [0.25, 0.3) is 0 Å². The molecule has 1 unspecified atom stereocenters. The van der Waals surface area contributed by atoms with Crippen molar-refractivity contribution in [2.45, 2.75) is 26.1 Å². The van der Waals surface area contributed by atoms with Crippen LogP contribution in [0.1, 0.15) is 6.92 Å². The Morgan fingerprint density at radius 3 is 3.06 bits per heavy atom. The third kappa shape index (κ3) is 3.34. The van der Waals surface area contributed by atoms with E-state index >= 15 is 0 Å². The van der Waals surface area contributed by atoms with Crippen molar-refractivity contribution in [3.63, 3.8) is 0 Å². The van der Waals surface area contributed by atoms with Crippen molar-refractivity contribution in [2.75, 3.05) is 5.73 Å². The number of carbonyl (C=O) groups is 1. The van der Waals surface area contributed by atoms with E-state index in [9.17, 15) is 4.79 Å². The van der Waals surface area contributed by atoms with Gasteiger partial charge in [-0.1, -0.05) is 0 Å². The third-order valence-electron chi connectivity index (χ3n) is 2.41. The average Bonchev–Trinajstić information content (AvgIpc) is 2.90. The van der Waals surface area contributed by atoms with Crippen LogP contribution in [0.2, 0.25) is 0 Å². The standard InChI is InChI=1S/C11H16N6O/c1-9(5-16-3-2-13-8-16)15-11(18)7-17-6-10(12)4-14-17/h2-4,6,8-9H,5,7,12H2,1H3,(H,15,18). The van der Waals surface area contributed by atoms with Crippen molar-refractivity contribution in [2.24, 2.45) is 0 Å².